The Bertz CT molecular complexity index is 403. The van der Waals surface area contributed by atoms with Gasteiger partial charge in [-0.3, -0.25) is 5.10 Å². The quantitative estimate of drug-likeness (QED) is 0.767. The highest BCUT2D eigenvalue weighted by Crippen LogP contribution is 2.23. The Morgan fingerprint density at radius 2 is 1.93 bits per heavy atom. The summed E-state index contributed by atoms with van der Waals surface area (Å²) in [6.45, 7) is 4.26. The second kappa shape index (κ2) is 3.66. The Hall–Kier alpha value is -1.57. The second-order valence-electron chi connectivity index (χ2n) is 3.59. The van der Waals surface area contributed by atoms with E-state index in [0.29, 0.717) is 5.92 Å². The van der Waals surface area contributed by atoms with Gasteiger partial charge in [0.25, 0.3) is 0 Å². The van der Waals surface area contributed by atoms with Crippen LogP contribution in [0.2, 0.25) is 0 Å². The third-order valence-corrected chi connectivity index (χ3v) is 2.58. The number of benzene rings is 1. The van der Waals surface area contributed by atoms with E-state index in [1.54, 1.807) is 0 Å². The van der Waals surface area contributed by atoms with Crippen molar-refractivity contribution in [3.8, 4) is 0 Å². The smallest absolute Gasteiger partial charge is 0.0723 e. The minimum Gasteiger partial charge on any atom is -0.285 e. The van der Waals surface area contributed by atoms with Crippen molar-refractivity contribution in [3.63, 3.8) is 0 Å². The molecule has 2 aromatic rings. The number of H-pyrrole nitrogens is 1. The minimum atomic E-state index is 0.363. The zero-order chi connectivity index (χ0) is 9.97. The first kappa shape index (κ1) is 9.00. The number of aromatic amines is 1. The molecule has 2 nitrogen and oxygen atoms in total. The van der Waals surface area contributed by atoms with Gasteiger partial charge in [0.05, 0.1) is 5.69 Å². The lowest BCUT2D eigenvalue weighted by atomic mass is 9.96. The van der Waals surface area contributed by atoms with Crippen molar-refractivity contribution in [2.45, 2.75) is 19.8 Å². The van der Waals surface area contributed by atoms with Crippen LogP contribution in [0.4, 0.5) is 0 Å². The van der Waals surface area contributed by atoms with Gasteiger partial charge in [-0.25, -0.2) is 0 Å². The highest BCUT2D eigenvalue weighted by molar-refractivity contribution is 5.30. The molecule has 1 aromatic carbocycles. The average molecular weight is 186 g/mol. The van der Waals surface area contributed by atoms with Crippen LogP contribution in [0.3, 0.4) is 0 Å². The number of hydrogen-bond acceptors (Lipinski definition) is 1. The molecule has 0 amide bonds. The van der Waals surface area contributed by atoms with Crippen LogP contribution >= 0.6 is 0 Å². The molecule has 1 aromatic heterocycles. The van der Waals surface area contributed by atoms with E-state index in [0.717, 1.165) is 5.69 Å². The normalized spacial score (nSPS) is 12.7. The van der Waals surface area contributed by atoms with Gasteiger partial charge in [0, 0.05) is 12.1 Å². The minimum absolute atomic E-state index is 0.363. The topological polar surface area (TPSA) is 28.7 Å². The summed E-state index contributed by atoms with van der Waals surface area (Å²) in [6, 6.07) is 10.4. The molecule has 0 saturated heterocycles. The maximum atomic E-state index is 4.27. The van der Waals surface area contributed by atoms with Gasteiger partial charge in [-0.05, 0) is 18.1 Å². The summed E-state index contributed by atoms with van der Waals surface area (Å²) >= 11 is 0. The molecular formula is C12H14N2. The van der Waals surface area contributed by atoms with Crippen molar-refractivity contribution in [1.29, 1.82) is 0 Å². The van der Waals surface area contributed by atoms with E-state index in [9.17, 15) is 0 Å². The number of rotatable bonds is 2. The standard InChI is InChI=1S/C12H14N2/c1-9-8-13-14-12(9)10(2)11-6-4-3-5-7-11/h3-8,10H,1-2H3,(H,13,14). The van der Waals surface area contributed by atoms with Crippen LogP contribution in [-0.2, 0) is 0 Å². The molecule has 2 heteroatoms. The van der Waals surface area contributed by atoms with Gasteiger partial charge in [0.15, 0.2) is 0 Å². The summed E-state index contributed by atoms with van der Waals surface area (Å²) in [5.74, 6) is 0.363. The van der Waals surface area contributed by atoms with E-state index < -0.39 is 0 Å². The Labute approximate surface area is 84.0 Å². The van der Waals surface area contributed by atoms with E-state index in [4.69, 9.17) is 0 Å². The Kier molecular flexibility index (Phi) is 2.35. The molecule has 1 atom stereocenters. The van der Waals surface area contributed by atoms with Gasteiger partial charge in [-0.1, -0.05) is 37.3 Å². The molecule has 72 valence electrons. The molecule has 0 spiro atoms. The molecule has 0 aliphatic rings. The fourth-order valence-corrected chi connectivity index (χ4v) is 1.70. The van der Waals surface area contributed by atoms with E-state index in [1.165, 1.54) is 11.1 Å². The Morgan fingerprint density at radius 1 is 1.21 bits per heavy atom. The predicted octanol–water partition coefficient (Wildman–Crippen LogP) is 2.87. The monoisotopic (exact) mass is 186 g/mol. The Balaban J connectivity index is 2.34. The fraction of sp³-hybridized carbons (Fsp3) is 0.250. The second-order valence-corrected chi connectivity index (χ2v) is 3.59. The Morgan fingerprint density at radius 3 is 2.50 bits per heavy atom. The summed E-state index contributed by atoms with van der Waals surface area (Å²) < 4.78 is 0. The zero-order valence-corrected chi connectivity index (χ0v) is 8.49. The van der Waals surface area contributed by atoms with Crippen molar-refractivity contribution >= 4 is 0 Å². The van der Waals surface area contributed by atoms with Crippen LogP contribution in [0.5, 0.6) is 0 Å². The molecule has 2 rings (SSSR count). The summed E-state index contributed by atoms with van der Waals surface area (Å²) in [5.41, 5.74) is 3.67. The van der Waals surface area contributed by atoms with Gasteiger partial charge in [0.2, 0.25) is 0 Å². The fourth-order valence-electron chi connectivity index (χ4n) is 1.70. The van der Waals surface area contributed by atoms with Gasteiger partial charge in [-0.2, -0.15) is 5.10 Å². The first-order chi connectivity index (χ1) is 6.79. The van der Waals surface area contributed by atoms with Gasteiger partial charge < -0.3 is 0 Å². The lowest BCUT2D eigenvalue weighted by molar-refractivity contribution is 0.847. The van der Waals surface area contributed by atoms with Crippen LogP contribution in [0.25, 0.3) is 0 Å². The molecule has 0 radical (unpaired) electrons. The van der Waals surface area contributed by atoms with Crippen LogP contribution in [0.1, 0.15) is 29.7 Å². The molecule has 0 bridgehead atoms. The number of aromatic nitrogens is 2. The highest BCUT2D eigenvalue weighted by atomic mass is 15.1. The summed E-state index contributed by atoms with van der Waals surface area (Å²) in [5, 5.41) is 7.17. The molecule has 0 saturated carbocycles. The zero-order valence-electron chi connectivity index (χ0n) is 8.49. The number of nitrogens with one attached hydrogen (secondary N) is 1. The molecule has 0 aliphatic heterocycles. The highest BCUT2D eigenvalue weighted by Gasteiger charge is 2.12. The van der Waals surface area contributed by atoms with Gasteiger partial charge in [-0.15, -0.1) is 0 Å². The van der Waals surface area contributed by atoms with Crippen molar-refractivity contribution in [3.05, 3.63) is 53.3 Å². The number of aryl methyl sites for hydroxylation is 1. The molecule has 0 aliphatic carbocycles. The van der Waals surface area contributed by atoms with E-state index in [1.807, 2.05) is 12.3 Å². The summed E-state index contributed by atoms with van der Waals surface area (Å²) in [4.78, 5) is 0. The van der Waals surface area contributed by atoms with E-state index in [2.05, 4.69) is 48.3 Å². The molecule has 1 heterocycles. The maximum absolute atomic E-state index is 4.27. The molecule has 0 fully saturated rings. The molecular weight excluding hydrogens is 172 g/mol. The average Bonchev–Trinajstić information content (AvgIpc) is 2.65. The predicted molar refractivity (Wildman–Crippen MR) is 57.3 cm³/mol. The van der Waals surface area contributed by atoms with Crippen LogP contribution in [0.15, 0.2) is 36.5 Å². The summed E-state index contributed by atoms with van der Waals surface area (Å²) in [6.07, 6.45) is 1.94. The number of nitrogens with zero attached hydrogens (tertiary/aromatic N) is 1. The molecule has 14 heavy (non-hydrogen) atoms. The first-order valence-corrected chi connectivity index (χ1v) is 4.84. The van der Waals surface area contributed by atoms with Crippen molar-refractivity contribution < 1.29 is 0 Å². The van der Waals surface area contributed by atoms with Crippen molar-refractivity contribution in [2.75, 3.05) is 0 Å². The third kappa shape index (κ3) is 1.55. The SMILES string of the molecule is Cc1c[nH]nc1C(C)c1ccccc1. The van der Waals surface area contributed by atoms with Gasteiger partial charge in [0.1, 0.15) is 0 Å². The summed E-state index contributed by atoms with van der Waals surface area (Å²) in [7, 11) is 0. The van der Waals surface area contributed by atoms with E-state index in [-0.39, 0.29) is 0 Å². The van der Waals surface area contributed by atoms with Crippen LogP contribution in [0, 0.1) is 6.92 Å². The van der Waals surface area contributed by atoms with Crippen molar-refractivity contribution in [1.82, 2.24) is 10.2 Å². The first-order valence-electron chi connectivity index (χ1n) is 4.84. The lowest BCUT2D eigenvalue weighted by Crippen LogP contribution is -1.97. The third-order valence-electron chi connectivity index (χ3n) is 2.58. The van der Waals surface area contributed by atoms with Crippen LogP contribution < -0.4 is 0 Å². The lowest BCUT2D eigenvalue weighted by Gasteiger charge is -2.09. The van der Waals surface area contributed by atoms with Crippen molar-refractivity contribution in [2.24, 2.45) is 0 Å². The molecule has 1 N–H and O–H groups in total. The largest absolute Gasteiger partial charge is 0.285 e. The van der Waals surface area contributed by atoms with Crippen LogP contribution in [-0.4, -0.2) is 10.2 Å². The molecule has 1 unspecified atom stereocenters. The number of hydrogen-bond donors (Lipinski definition) is 1. The van der Waals surface area contributed by atoms with E-state index >= 15 is 0 Å². The van der Waals surface area contributed by atoms with Gasteiger partial charge >= 0.3 is 0 Å². The maximum Gasteiger partial charge on any atom is 0.0723 e.